The predicted octanol–water partition coefficient (Wildman–Crippen LogP) is 2.78. The number of carbonyl (C=O) groups excluding carboxylic acids is 1. The van der Waals surface area contributed by atoms with Crippen LogP contribution in [0.5, 0.6) is 0 Å². The molecule has 21 heavy (non-hydrogen) atoms. The third kappa shape index (κ3) is 3.01. The Kier molecular flexibility index (Phi) is 3.83. The van der Waals surface area contributed by atoms with Crippen LogP contribution in [0, 0.1) is 5.41 Å². The highest BCUT2D eigenvalue weighted by Crippen LogP contribution is 2.47. The fourth-order valence-electron chi connectivity index (χ4n) is 2.62. The summed E-state index contributed by atoms with van der Waals surface area (Å²) in [4.78, 5) is 16.7. The van der Waals surface area contributed by atoms with Gasteiger partial charge in [-0.05, 0) is 36.8 Å². The van der Waals surface area contributed by atoms with Gasteiger partial charge in [-0.15, -0.1) is 0 Å². The number of carbonyl (C=O) groups is 1. The number of rotatable bonds is 5. The molecule has 1 aromatic heterocycles. The molecule has 110 valence electrons. The number of para-hydroxylation sites is 1. The van der Waals surface area contributed by atoms with Gasteiger partial charge in [0, 0.05) is 18.5 Å². The average Bonchev–Trinajstić information content (AvgIpc) is 3.24. The molecule has 1 amide bonds. The van der Waals surface area contributed by atoms with Crippen LogP contribution in [0.1, 0.15) is 29.6 Å². The Morgan fingerprint density at radius 1 is 1.38 bits per heavy atom. The first-order valence-electron chi connectivity index (χ1n) is 7.08. The fourth-order valence-corrected chi connectivity index (χ4v) is 2.82. The first-order chi connectivity index (χ1) is 10.1. The molecular formula is C16H17ClN2O2. The third-order valence-corrected chi connectivity index (χ3v) is 4.35. The summed E-state index contributed by atoms with van der Waals surface area (Å²) in [5.74, 6) is -0.139. The van der Waals surface area contributed by atoms with Crippen LogP contribution in [0.25, 0.3) is 10.9 Å². The lowest BCUT2D eigenvalue weighted by Gasteiger charge is -2.15. The Hall–Kier alpha value is -1.65. The summed E-state index contributed by atoms with van der Waals surface area (Å²) in [5.41, 5.74) is 1.36. The van der Waals surface area contributed by atoms with Crippen molar-refractivity contribution >= 4 is 28.4 Å². The lowest BCUT2D eigenvalue weighted by molar-refractivity contribution is 0.0942. The van der Waals surface area contributed by atoms with Crippen molar-refractivity contribution in [1.29, 1.82) is 0 Å². The first-order valence-corrected chi connectivity index (χ1v) is 7.46. The third-order valence-electron chi connectivity index (χ3n) is 4.15. The number of nitrogens with zero attached hydrogens (tertiary/aromatic N) is 1. The van der Waals surface area contributed by atoms with E-state index in [-0.39, 0.29) is 17.9 Å². The van der Waals surface area contributed by atoms with Crippen LogP contribution < -0.4 is 5.32 Å². The van der Waals surface area contributed by atoms with Gasteiger partial charge >= 0.3 is 0 Å². The minimum absolute atomic E-state index is 0.0943. The van der Waals surface area contributed by atoms with Crippen LogP contribution in [-0.2, 0) is 0 Å². The van der Waals surface area contributed by atoms with Gasteiger partial charge in [0.15, 0.2) is 0 Å². The topological polar surface area (TPSA) is 62.2 Å². The van der Waals surface area contributed by atoms with Gasteiger partial charge in [-0.25, -0.2) is 4.98 Å². The van der Waals surface area contributed by atoms with Crippen molar-refractivity contribution in [3.05, 3.63) is 41.0 Å². The van der Waals surface area contributed by atoms with Gasteiger partial charge in [-0.2, -0.15) is 0 Å². The van der Waals surface area contributed by atoms with Crippen molar-refractivity contribution in [1.82, 2.24) is 10.3 Å². The molecule has 0 bridgehead atoms. The van der Waals surface area contributed by atoms with Crippen LogP contribution in [-0.4, -0.2) is 29.1 Å². The van der Waals surface area contributed by atoms with Gasteiger partial charge in [0.2, 0.25) is 0 Å². The number of aliphatic hydroxyl groups is 1. The maximum Gasteiger partial charge on any atom is 0.252 e. The Bertz CT molecular complexity index is 683. The minimum atomic E-state index is -0.139. The van der Waals surface area contributed by atoms with Crippen molar-refractivity contribution in [3.63, 3.8) is 0 Å². The van der Waals surface area contributed by atoms with Crippen molar-refractivity contribution < 1.29 is 9.90 Å². The van der Waals surface area contributed by atoms with E-state index in [0.29, 0.717) is 22.8 Å². The lowest BCUT2D eigenvalue weighted by Crippen LogP contribution is -2.30. The molecule has 0 atom stereocenters. The molecule has 2 aromatic rings. The molecule has 0 aliphatic heterocycles. The average molecular weight is 305 g/mol. The molecule has 0 spiro atoms. The number of hydrogen-bond donors (Lipinski definition) is 2. The van der Waals surface area contributed by atoms with Crippen molar-refractivity contribution in [2.75, 3.05) is 13.2 Å². The summed E-state index contributed by atoms with van der Waals surface area (Å²) in [5, 5.41) is 13.1. The molecule has 4 nitrogen and oxygen atoms in total. The van der Waals surface area contributed by atoms with Gasteiger partial charge < -0.3 is 10.4 Å². The number of nitrogens with one attached hydrogen (secondary N) is 1. The monoisotopic (exact) mass is 304 g/mol. The highest BCUT2D eigenvalue weighted by atomic mass is 35.5. The second kappa shape index (κ2) is 5.62. The second-order valence-corrected chi connectivity index (χ2v) is 6.05. The van der Waals surface area contributed by atoms with Crippen LogP contribution >= 0.6 is 11.6 Å². The number of hydrogen-bond acceptors (Lipinski definition) is 3. The van der Waals surface area contributed by atoms with E-state index in [2.05, 4.69) is 10.3 Å². The fraction of sp³-hybridized carbons (Fsp3) is 0.375. The van der Waals surface area contributed by atoms with Crippen LogP contribution in [0.3, 0.4) is 0 Å². The zero-order valence-electron chi connectivity index (χ0n) is 11.6. The highest BCUT2D eigenvalue weighted by Gasteiger charge is 2.41. The maximum atomic E-state index is 12.4. The zero-order valence-corrected chi connectivity index (χ0v) is 12.4. The summed E-state index contributed by atoms with van der Waals surface area (Å²) in [6.45, 7) is 0.764. The molecule has 5 heteroatoms. The zero-order chi connectivity index (χ0) is 14.9. The van der Waals surface area contributed by atoms with E-state index in [1.165, 1.54) is 0 Å². The Morgan fingerprint density at radius 2 is 2.14 bits per heavy atom. The first kappa shape index (κ1) is 14.3. The van der Waals surface area contributed by atoms with Gasteiger partial charge in [-0.3, -0.25) is 4.79 Å². The number of aromatic nitrogens is 1. The van der Waals surface area contributed by atoms with Gasteiger partial charge in [0.05, 0.1) is 11.1 Å². The van der Waals surface area contributed by atoms with Crippen molar-refractivity contribution in [2.24, 2.45) is 5.41 Å². The van der Waals surface area contributed by atoms with E-state index >= 15 is 0 Å². The largest absolute Gasteiger partial charge is 0.396 e. The van der Waals surface area contributed by atoms with Gasteiger partial charge in [0.25, 0.3) is 5.91 Å². The minimum Gasteiger partial charge on any atom is -0.396 e. The van der Waals surface area contributed by atoms with Gasteiger partial charge in [0.1, 0.15) is 5.15 Å². The number of aliphatic hydroxyl groups excluding tert-OH is 1. The SMILES string of the molecule is O=C(NCC1(CCO)CC1)c1cc(Cl)nc2ccccc12. The lowest BCUT2D eigenvalue weighted by atomic mass is 10.0. The molecule has 0 radical (unpaired) electrons. The predicted molar refractivity (Wildman–Crippen MR) is 82.5 cm³/mol. The molecule has 1 heterocycles. The normalized spacial score (nSPS) is 15.9. The van der Waals surface area contributed by atoms with E-state index < -0.39 is 0 Å². The number of fused-ring (bicyclic) bond motifs is 1. The molecule has 3 rings (SSSR count). The standard InChI is InChI=1S/C16H17ClN2O2/c17-14-9-12(11-3-1-2-4-13(11)19-14)15(21)18-10-16(5-6-16)7-8-20/h1-4,9,20H,5-8,10H2,(H,18,21). The van der Waals surface area contributed by atoms with Crippen molar-refractivity contribution in [3.8, 4) is 0 Å². The number of pyridine rings is 1. The summed E-state index contributed by atoms with van der Waals surface area (Å²) in [6, 6.07) is 9.06. The summed E-state index contributed by atoms with van der Waals surface area (Å²) in [6.07, 6.45) is 2.86. The molecule has 1 aliphatic carbocycles. The Morgan fingerprint density at radius 3 is 2.86 bits per heavy atom. The molecule has 2 N–H and O–H groups in total. The summed E-state index contributed by atoms with van der Waals surface area (Å²) >= 11 is 6.00. The number of amides is 1. The molecule has 0 saturated heterocycles. The smallest absolute Gasteiger partial charge is 0.252 e. The molecule has 0 unspecified atom stereocenters. The second-order valence-electron chi connectivity index (χ2n) is 5.67. The summed E-state index contributed by atoms with van der Waals surface area (Å²) < 4.78 is 0. The summed E-state index contributed by atoms with van der Waals surface area (Å²) in [7, 11) is 0. The van der Waals surface area contributed by atoms with E-state index in [1.54, 1.807) is 6.07 Å². The Labute approximate surface area is 128 Å². The van der Waals surface area contributed by atoms with E-state index in [1.807, 2.05) is 24.3 Å². The Balaban J connectivity index is 1.81. The van der Waals surface area contributed by atoms with E-state index in [0.717, 1.165) is 24.6 Å². The molecule has 1 fully saturated rings. The van der Waals surface area contributed by atoms with E-state index in [4.69, 9.17) is 16.7 Å². The maximum absolute atomic E-state index is 12.4. The van der Waals surface area contributed by atoms with Crippen LogP contribution in [0.4, 0.5) is 0 Å². The molecule has 1 aliphatic rings. The number of halogens is 1. The molecule has 1 aromatic carbocycles. The van der Waals surface area contributed by atoms with Crippen LogP contribution in [0.2, 0.25) is 5.15 Å². The van der Waals surface area contributed by atoms with Crippen molar-refractivity contribution in [2.45, 2.75) is 19.3 Å². The highest BCUT2D eigenvalue weighted by molar-refractivity contribution is 6.30. The van der Waals surface area contributed by atoms with Crippen LogP contribution in [0.15, 0.2) is 30.3 Å². The molecular weight excluding hydrogens is 288 g/mol. The quantitative estimate of drug-likeness (QED) is 0.835. The van der Waals surface area contributed by atoms with Gasteiger partial charge in [-0.1, -0.05) is 29.8 Å². The molecule has 1 saturated carbocycles. The van der Waals surface area contributed by atoms with E-state index in [9.17, 15) is 4.79 Å². The number of benzene rings is 1.